The Bertz CT molecular complexity index is 249. The number of nitrogens with two attached hydrogens (primary N) is 1. The summed E-state index contributed by atoms with van der Waals surface area (Å²) in [6.07, 6.45) is 6.19. The highest BCUT2D eigenvalue weighted by atomic mass is 16.3. The van der Waals surface area contributed by atoms with Crippen LogP contribution in [0.25, 0.3) is 0 Å². The Labute approximate surface area is 96.8 Å². The van der Waals surface area contributed by atoms with E-state index in [-0.39, 0.29) is 18.6 Å². The summed E-state index contributed by atoms with van der Waals surface area (Å²) in [5.74, 6) is 0.708. The van der Waals surface area contributed by atoms with Gasteiger partial charge in [0.15, 0.2) is 0 Å². The third-order valence-electron chi connectivity index (χ3n) is 3.81. The largest absolute Gasteiger partial charge is 0.395 e. The predicted octanol–water partition coefficient (Wildman–Crippen LogP) is 0.487. The molecule has 0 aromatic rings. The minimum Gasteiger partial charge on any atom is -0.395 e. The predicted molar refractivity (Wildman–Crippen MR) is 61.8 cm³/mol. The van der Waals surface area contributed by atoms with Crippen LogP contribution in [-0.2, 0) is 4.79 Å². The average Bonchev–Trinajstić information content (AvgIpc) is 2.97. The van der Waals surface area contributed by atoms with Crippen molar-refractivity contribution in [2.75, 3.05) is 13.2 Å². The van der Waals surface area contributed by atoms with Gasteiger partial charge in [0.2, 0.25) is 5.91 Å². The Morgan fingerprint density at radius 3 is 2.50 bits per heavy atom. The molecule has 2 rings (SSSR count). The zero-order chi connectivity index (χ0) is 11.5. The molecule has 0 heterocycles. The van der Waals surface area contributed by atoms with Crippen molar-refractivity contribution in [1.82, 2.24) is 4.90 Å². The number of amides is 1. The van der Waals surface area contributed by atoms with Gasteiger partial charge in [-0.05, 0) is 38.0 Å². The second-order valence-corrected chi connectivity index (χ2v) is 5.10. The van der Waals surface area contributed by atoms with Crippen LogP contribution in [0.15, 0.2) is 0 Å². The second kappa shape index (κ2) is 5.15. The lowest BCUT2D eigenvalue weighted by Gasteiger charge is -2.37. The number of hydrogen-bond acceptors (Lipinski definition) is 3. The molecule has 0 aliphatic heterocycles. The SMILES string of the molecule is NC(CC(=O)N(CCO)C1CCC1)C1CC1. The van der Waals surface area contributed by atoms with Gasteiger partial charge >= 0.3 is 0 Å². The molecule has 4 nitrogen and oxygen atoms in total. The molecule has 0 aromatic carbocycles. The van der Waals surface area contributed by atoms with Gasteiger partial charge in [0.05, 0.1) is 6.61 Å². The summed E-state index contributed by atoms with van der Waals surface area (Å²) in [5.41, 5.74) is 5.96. The molecule has 0 spiro atoms. The van der Waals surface area contributed by atoms with Crippen molar-refractivity contribution >= 4 is 5.91 Å². The number of hydrogen-bond donors (Lipinski definition) is 2. The first-order valence-corrected chi connectivity index (χ1v) is 6.38. The van der Waals surface area contributed by atoms with Crippen LogP contribution in [0.5, 0.6) is 0 Å². The Balaban J connectivity index is 1.82. The molecular formula is C12H22N2O2. The monoisotopic (exact) mass is 226 g/mol. The summed E-state index contributed by atoms with van der Waals surface area (Å²) in [7, 11) is 0. The quantitative estimate of drug-likeness (QED) is 0.692. The normalized spacial score (nSPS) is 22.6. The van der Waals surface area contributed by atoms with E-state index in [2.05, 4.69) is 0 Å². The fraction of sp³-hybridized carbons (Fsp3) is 0.917. The third kappa shape index (κ3) is 2.74. The molecule has 1 unspecified atom stereocenters. The fourth-order valence-electron chi connectivity index (χ4n) is 2.33. The summed E-state index contributed by atoms with van der Waals surface area (Å²) in [6, 6.07) is 0.403. The van der Waals surface area contributed by atoms with E-state index in [1.54, 1.807) is 0 Å². The maximum atomic E-state index is 12.0. The van der Waals surface area contributed by atoms with Gasteiger partial charge in [0.25, 0.3) is 0 Å². The lowest BCUT2D eigenvalue weighted by Crippen LogP contribution is -2.47. The zero-order valence-electron chi connectivity index (χ0n) is 9.77. The first-order chi connectivity index (χ1) is 7.72. The van der Waals surface area contributed by atoms with Crippen LogP contribution in [0.1, 0.15) is 38.5 Å². The average molecular weight is 226 g/mol. The zero-order valence-corrected chi connectivity index (χ0v) is 9.77. The van der Waals surface area contributed by atoms with E-state index < -0.39 is 0 Å². The Morgan fingerprint density at radius 2 is 2.06 bits per heavy atom. The Morgan fingerprint density at radius 1 is 1.38 bits per heavy atom. The summed E-state index contributed by atoms with van der Waals surface area (Å²) in [6.45, 7) is 0.530. The molecule has 4 heteroatoms. The van der Waals surface area contributed by atoms with E-state index in [1.165, 1.54) is 19.3 Å². The first-order valence-electron chi connectivity index (χ1n) is 6.38. The molecular weight excluding hydrogens is 204 g/mol. The molecule has 0 aromatic heterocycles. The van der Waals surface area contributed by atoms with Gasteiger partial charge in [-0.1, -0.05) is 0 Å². The van der Waals surface area contributed by atoms with Crippen molar-refractivity contribution in [2.24, 2.45) is 11.7 Å². The summed E-state index contributed by atoms with van der Waals surface area (Å²) >= 11 is 0. The fourth-order valence-corrected chi connectivity index (χ4v) is 2.33. The third-order valence-corrected chi connectivity index (χ3v) is 3.81. The van der Waals surface area contributed by atoms with Gasteiger partial charge in [-0.15, -0.1) is 0 Å². The topological polar surface area (TPSA) is 66.6 Å². The molecule has 92 valence electrons. The molecule has 0 radical (unpaired) electrons. The van der Waals surface area contributed by atoms with Gasteiger partial charge in [-0.25, -0.2) is 0 Å². The maximum absolute atomic E-state index is 12.0. The van der Waals surface area contributed by atoms with Crippen molar-refractivity contribution in [3.63, 3.8) is 0 Å². The molecule has 0 bridgehead atoms. The van der Waals surface area contributed by atoms with Gasteiger partial charge in [0.1, 0.15) is 0 Å². The van der Waals surface area contributed by atoms with Crippen LogP contribution in [-0.4, -0.2) is 41.1 Å². The van der Waals surface area contributed by atoms with Crippen LogP contribution in [0.2, 0.25) is 0 Å². The van der Waals surface area contributed by atoms with Crippen LogP contribution in [0.4, 0.5) is 0 Å². The Kier molecular flexibility index (Phi) is 3.82. The molecule has 2 aliphatic carbocycles. The molecule has 0 saturated heterocycles. The van der Waals surface area contributed by atoms with Gasteiger partial charge in [0, 0.05) is 25.0 Å². The van der Waals surface area contributed by atoms with Crippen LogP contribution in [0.3, 0.4) is 0 Å². The maximum Gasteiger partial charge on any atom is 0.224 e. The van der Waals surface area contributed by atoms with Crippen LogP contribution < -0.4 is 5.73 Å². The number of carbonyl (C=O) groups excluding carboxylic acids is 1. The van der Waals surface area contributed by atoms with Crippen LogP contribution in [0, 0.1) is 5.92 Å². The molecule has 16 heavy (non-hydrogen) atoms. The highest BCUT2D eigenvalue weighted by Crippen LogP contribution is 2.33. The summed E-state index contributed by atoms with van der Waals surface area (Å²) in [4.78, 5) is 13.9. The van der Waals surface area contributed by atoms with Gasteiger partial charge in [-0.3, -0.25) is 4.79 Å². The lowest BCUT2D eigenvalue weighted by atomic mass is 9.91. The summed E-state index contributed by atoms with van der Waals surface area (Å²) in [5, 5.41) is 8.98. The van der Waals surface area contributed by atoms with E-state index in [9.17, 15) is 4.79 Å². The number of carbonyl (C=O) groups is 1. The molecule has 2 fully saturated rings. The number of nitrogens with zero attached hydrogens (tertiary/aromatic N) is 1. The van der Waals surface area contributed by atoms with E-state index in [0.29, 0.717) is 24.9 Å². The highest BCUT2D eigenvalue weighted by Gasteiger charge is 2.33. The van der Waals surface area contributed by atoms with E-state index in [0.717, 1.165) is 12.8 Å². The van der Waals surface area contributed by atoms with E-state index >= 15 is 0 Å². The van der Waals surface area contributed by atoms with Gasteiger partial charge < -0.3 is 15.7 Å². The molecule has 1 atom stereocenters. The number of aliphatic hydroxyl groups is 1. The van der Waals surface area contributed by atoms with Crippen molar-refractivity contribution in [3.8, 4) is 0 Å². The van der Waals surface area contributed by atoms with Crippen molar-refractivity contribution in [3.05, 3.63) is 0 Å². The standard InChI is InChI=1S/C12H22N2O2/c13-11(9-4-5-9)8-12(16)14(6-7-15)10-2-1-3-10/h9-11,15H,1-8,13H2. The van der Waals surface area contributed by atoms with Crippen molar-refractivity contribution < 1.29 is 9.90 Å². The molecule has 1 amide bonds. The Hall–Kier alpha value is -0.610. The number of rotatable bonds is 6. The summed E-state index contributed by atoms with van der Waals surface area (Å²) < 4.78 is 0. The molecule has 2 aliphatic rings. The molecule has 2 saturated carbocycles. The van der Waals surface area contributed by atoms with E-state index in [4.69, 9.17) is 10.8 Å². The number of aliphatic hydroxyl groups excluding tert-OH is 1. The highest BCUT2D eigenvalue weighted by molar-refractivity contribution is 5.77. The minimum atomic E-state index is 0.0359. The smallest absolute Gasteiger partial charge is 0.224 e. The van der Waals surface area contributed by atoms with Crippen molar-refractivity contribution in [2.45, 2.75) is 50.6 Å². The minimum absolute atomic E-state index is 0.0359. The molecule has 3 N–H and O–H groups in total. The van der Waals surface area contributed by atoms with E-state index in [1.807, 2.05) is 4.90 Å². The second-order valence-electron chi connectivity index (χ2n) is 5.10. The van der Waals surface area contributed by atoms with Crippen molar-refractivity contribution in [1.29, 1.82) is 0 Å². The van der Waals surface area contributed by atoms with Gasteiger partial charge in [-0.2, -0.15) is 0 Å². The first kappa shape index (κ1) is 11.9. The lowest BCUT2D eigenvalue weighted by molar-refractivity contribution is -0.136. The van der Waals surface area contributed by atoms with Crippen LogP contribution >= 0.6 is 0 Å².